The lowest BCUT2D eigenvalue weighted by Gasteiger charge is -2.36. The van der Waals surface area contributed by atoms with Crippen LogP contribution in [0.4, 0.5) is 20.2 Å². The quantitative estimate of drug-likeness (QED) is 0.533. The van der Waals surface area contributed by atoms with E-state index in [1.165, 1.54) is 29.1 Å². The fourth-order valence-electron chi connectivity index (χ4n) is 4.18. The number of halogens is 2. The molecule has 5 rings (SSSR count). The van der Waals surface area contributed by atoms with E-state index < -0.39 is 22.0 Å². The van der Waals surface area contributed by atoms with Gasteiger partial charge in [0.25, 0.3) is 5.69 Å². The molecule has 7 nitrogen and oxygen atoms in total. The Kier molecular flexibility index (Phi) is 3.58. The minimum Gasteiger partial charge on any atom is -0.319 e. The first-order chi connectivity index (χ1) is 13.9. The number of nitro benzene ring substituents is 1. The van der Waals surface area contributed by atoms with Crippen molar-refractivity contribution in [1.29, 1.82) is 0 Å². The lowest BCUT2D eigenvalue weighted by Crippen LogP contribution is -2.40. The number of carbonyl (C=O) groups excluding carboxylic acids is 1. The first kappa shape index (κ1) is 17.5. The van der Waals surface area contributed by atoms with Crippen LogP contribution in [0.5, 0.6) is 0 Å². The summed E-state index contributed by atoms with van der Waals surface area (Å²) < 4.78 is 29.0. The Labute approximate surface area is 163 Å². The van der Waals surface area contributed by atoms with E-state index in [1.54, 1.807) is 6.07 Å². The minimum absolute atomic E-state index is 0.0645. The molecule has 2 heterocycles. The number of hydrogen-bond donors (Lipinski definition) is 1. The zero-order chi connectivity index (χ0) is 20.3. The van der Waals surface area contributed by atoms with Crippen LogP contribution in [0, 0.1) is 21.7 Å². The van der Waals surface area contributed by atoms with E-state index in [4.69, 9.17) is 0 Å². The molecule has 0 unspecified atom stereocenters. The molecule has 2 aromatic carbocycles. The van der Waals surface area contributed by atoms with Gasteiger partial charge in [-0.1, -0.05) is 6.42 Å². The Balaban J connectivity index is 1.72. The monoisotopic (exact) mass is 396 g/mol. The molecule has 0 bridgehead atoms. The summed E-state index contributed by atoms with van der Waals surface area (Å²) in [5.41, 5.74) is 0.251. The molecule has 9 heteroatoms. The second-order valence-electron chi connectivity index (χ2n) is 7.28. The molecule has 0 saturated heterocycles. The number of amides is 1. The highest BCUT2D eigenvalue weighted by molar-refractivity contribution is 6.09. The minimum atomic E-state index is -0.785. The largest absolute Gasteiger partial charge is 0.319 e. The number of nitrogens with zero attached hydrogens (tertiary/aromatic N) is 3. The maximum absolute atomic E-state index is 14.3. The number of imidazole rings is 1. The fraction of sp³-hybridized carbons (Fsp3) is 0.200. The van der Waals surface area contributed by atoms with Crippen molar-refractivity contribution >= 4 is 17.3 Å². The third-order valence-electron chi connectivity index (χ3n) is 5.78. The average molecular weight is 396 g/mol. The Bertz CT molecular complexity index is 1200. The van der Waals surface area contributed by atoms with Gasteiger partial charge in [0.05, 0.1) is 16.0 Å². The number of benzene rings is 2. The van der Waals surface area contributed by atoms with Gasteiger partial charge < -0.3 is 5.32 Å². The van der Waals surface area contributed by atoms with Gasteiger partial charge in [-0.15, -0.1) is 0 Å². The molecule has 1 spiro atoms. The maximum Gasteiger partial charge on any atom is 0.293 e. The van der Waals surface area contributed by atoms with E-state index in [1.807, 2.05) is 0 Å². The molecule has 0 atom stereocenters. The summed E-state index contributed by atoms with van der Waals surface area (Å²) in [4.78, 5) is 27.9. The summed E-state index contributed by atoms with van der Waals surface area (Å²) >= 11 is 0. The van der Waals surface area contributed by atoms with Crippen LogP contribution in [0.2, 0.25) is 0 Å². The SMILES string of the molecule is O=C1Nc2c([N+](=O)[O-])cc(-c3nccn3-c3ccc(F)cc3F)cc2C12CCC2. The van der Waals surface area contributed by atoms with Gasteiger partial charge in [0.2, 0.25) is 5.91 Å². The van der Waals surface area contributed by atoms with E-state index in [-0.39, 0.29) is 28.8 Å². The Morgan fingerprint density at radius 2 is 2.00 bits per heavy atom. The second-order valence-corrected chi connectivity index (χ2v) is 7.28. The van der Waals surface area contributed by atoms with Gasteiger partial charge in [0, 0.05) is 30.1 Å². The zero-order valence-corrected chi connectivity index (χ0v) is 15.0. The molecular formula is C20H14F2N4O3. The predicted octanol–water partition coefficient (Wildman–Crippen LogP) is 4.10. The number of fused-ring (bicyclic) bond motifs is 2. The summed E-state index contributed by atoms with van der Waals surface area (Å²) in [7, 11) is 0. The van der Waals surface area contributed by atoms with Gasteiger partial charge in [-0.2, -0.15) is 0 Å². The predicted molar refractivity (Wildman–Crippen MR) is 99.7 cm³/mol. The molecule has 0 radical (unpaired) electrons. The standard InChI is InChI=1S/C20H14F2N4O3/c21-12-2-3-15(14(22)10-12)25-7-6-23-18(25)11-8-13-17(16(9-11)26(28)29)24-19(27)20(13)4-1-5-20/h2-3,6-10H,1,4-5H2,(H,24,27). The van der Waals surface area contributed by atoms with Crippen LogP contribution in [-0.2, 0) is 10.2 Å². The van der Waals surface area contributed by atoms with Crippen molar-refractivity contribution in [2.75, 3.05) is 5.32 Å². The van der Waals surface area contributed by atoms with Gasteiger partial charge >= 0.3 is 0 Å². The van der Waals surface area contributed by atoms with Crippen LogP contribution >= 0.6 is 0 Å². The molecule has 29 heavy (non-hydrogen) atoms. The number of carbonyl (C=O) groups is 1. The Hall–Kier alpha value is -3.62. The first-order valence-corrected chi connectivity index (χ1v) is 9.04. The smallest absolute Gasteiger partial charge is 0.293 e. The average Bonchev–Trinajstić information content (AvgIpc) is 3.21. The van der Waals surface area contributed by atoms with Gasteiger partial charge in [0.1, 0.15) is 23.1 Å². The maximum atomic E-state index is 14.3. The molecule has 1 N–H and O–H groups in total. The highest BCUT2D eigenvalue weighted by Gasteiger charge is 2.53. The van der Waals surface area contributed by atoms with E-state index in [9.17, 15) is 23.7 Å². The normalized spacial score (nSPS) is 16.4. The van der Waals surface area contributed by atoms with Gasteiger partial charge in [-0.25, -0.2) is 13.8 Å². The zero-order valence-electron chi connectivity index (χ0n) is 15.0. The van der Waals surface area contributed by atoms with Crippen molar-refractivity contribution in [2.45, 2.75) is 24.7 Å². The Morgan fingerprint density at radius 1 is 1.21 bits per heavy atom. The van der Waals surface area contributed by atoms with Crippen molar-refractivity contribution in [2.24, 2.45) is 0 Å². The summed E-state index contributed by atoms with van der Waals surface area (Å²) in [6.07, 6.45) is 5.02. The van der Waals surface area contributed by atoms with E-state index in [2.05, 4.69) is 10.3 Å². The molecular weight excluding hydrogens is 382 g/mol. The van der Waals surface area contributed by atoms with Crippen molar-refractivity contribution in [3.05, 3.63) is 70.0 Å². The number of anilines is 1. The molecule has 1 saturated carbocycles. The highest BCUT2D eigenvalue weighted by atomic mass is 19.1. The number of aromatic nitrogens is 2. The lowest BCUT2D eigenvalue weighted by atomic mass is 9.65. The number of rotatable bonds is 3. The second kappa shape index (κ2) is 5.94. The van der Waals surface area contributed by atoms with Gasteiger partial charge in [-0.3, -0.25) is 19.5 Å². The van der Waals surface area contributed by atoms with Crippen LogP contribution in [0.1, 0.15) is 24.8 Å². The fourth-order valence-corrected chi connectivity index (χ4v) is 4.18. The van der Waals surface area contributed by atoms with Crippen LogP contribution in [0.25, 0.3) is 17.1 Å². The summed E-state index contributed by atoms with van der Waals surface area (Å²) in [5.74, 6) is -1.47. The molecule has 1 aromatic heterocycles. The lowest BCUT2D eigenvalue weighted by molar-refractivity contribution is -0.383. The van der Waals surface area contributed by atoms with Crippen LogP contribution in [0.3, 0.4) is 0 Å². The summed E-state index contributed by atoms with van der Waals surface area (Å²) in [6.45, 7) is 0. The molecule has 2 aliphatic rings. The topological polar surface area (TPSA) is 90.1 Å². The van der Waals surface area contributed by atoms with Gasteiger partial charge in [0.15, 0.2) is 0 Å². The highest BCUT2D eigenvalue weighted by Crippen LogP contribution is 2.54. The number of nitrogens with one attached hydrogen (secondary N) is 1. The summed E-state index contributed by atoms with van der Waals surface area (Å²) in [5, 5.41) is 14.3. The van der Waals surface area contributed by atoms with Crippen LogP contribution < -0.4 is 5.32 Å². The van der Waals surface area contributed by atoms with Crippen molar-refractivity contribution in [1.82, 2.24) is 9.55 Å². The molecule has 146 valence electrons. The molecule has 3 aromatic rings. The van der Waals surface area contributed by atoms with Crippen LogP contribution in [0.15, 0.2) is 42.7 Å². The van der Waals surface area contributed by atoms with E-state index in [0.29, 0.717) is 24.0 Å². The molecule has 1 aliphatic heterocycles. The number of nitro groups is 1. The van der Waals surface area contributed by atoms with Crippen molar-refractivity contribution in [3.63, 3.8) is 0 Å². The molecule has 1 fully saturated rings. The van der Waals surface area contributed by atoms with Crippen molar-refractivity contribution < 1.29 is 18.5 Å². The Morgan fingerprint density at radius 3 is 2.66 bits per heavy atom. The third kappa shape index (κ3) is 2.40. The van der Waals surface area contributed by atoms with Crippen LogP contribution in [-0.4, -0.2) is 20.4 Å². The van der Waals surface area contributed by atoms with E-state index >= 15 is 0 Å². The first-order valence-electron chi connectivity index (χ1n) is 9.04. The van der Waals surface area contributed by atoms with Crippen molar-refractivity contribution in [3.8, 4) is 17.1 Å². The molecule has 1 aliphatic carbocycles. The molecule has 1 amide bonds. The van der Waals surface area contributed by atoms with Gasteiger partial charge in [-0.05, 0) is 36.6 Å². The van der Waals surface area contributed by atoms with E-state index in [0.717, 1.165) is 18.6 Å². The number of hydrogen-bond acceptors (Lipinski definition) is 4. The third-order valence-corrected chi connectivity index (χ3v) is 5.78. The summed E-state index contributed by atoms with van der Waals surface area (Å²) in [6, 6.07) is 6.18.